The molecule has 0 aliphatic heterocycles. The summed E-state index contributed by atoms with van der Waals surface area (Å²) in [4.78, 5) is 4.35. The van der Waals surface area contributed by atoms with E-state index in [9.17, 15) is 8.42 Å². The highest BCUT2D eigenvalue weighted by Gasteiger charge is 2.14. The van der Waals surface area contributed by atoms with Gasteiger partial charge < -0.3 is 5.32 Å². The lowest BCUT2D eigenvalue weighted by atomic mass is 10.2. The maximum absolute atomic E-state index is 12.4. The third kappa shape index (κ3) is 4.49. The van der Waals surface area contributed by atoms with Gasteiger partial charge in [-0.3, -0.25) is 4.72 Å². The monoisotopic (exact) mass is 373 g/mol. The molecule has 1 heterocycles. The second-order valence-corrected chi connectivity index (χ2v) is 7.61. The molecule has 0 aliphatic rings. The van der Waals surface area contributed by atoms with Gasteiger partial charge in [0.25, 0.3) is 10.0 Å². The van der Waals surface area contributed by atoms with Crippen molar-refractivity contribution in [1.29, 1.82) is 0 Å². The number of pyridine rings is 1. The largest absolute Gasteiger partial charge is 0.354 e. The van der Waals surface area contributed by atoms with Crippen LogP contribution in [0, 0.1) is 6.92 Å². The van der Waals surface area contributed by atoms with Crippen molar-refractivity contribution < 1.29 is 8.42 Å². The maximum atomic E-state index is 12.4. The zero-order chi connectivity index (χ0) is 17.9. The minimum atomic E-state index is -3.66. The Labute approximate surface area is 151 Å². The molecule has 25 heavy (non-hydrogen) atoms. The van der Waals surface area contributed by atoms with Crippen LogP contribution in [0.4, 0.5) is 17.2 Å². The summed E-state index contributed by atoms with van der Waals surface area (Å²) in [6.07, 6.45) is 1.55. The highest BCUT2D eigenvalue weighted by Crippen LogP contribution is 2.21. The summed E-state index contributed by atoms with van der Waals surface area (Å²) >= 11 is 5.95. The topological polar surface area (TPSA) is 71.1 Å². The molecule has 0 saturated heterocycles. The average molecular weight is 374 g/mol. The molecular weight excluding hydrogens is 358 g/mol. The van der Waals surface area contributed by atoms with E-state index in [1.165, 1.54) is 0 Å². The molecule has 7 heteroatoms. The Hall–Kier alpha value is -2.57. The summed E-state index contributed by atoms with van der Waals surface area (Å²) in [5, 5.41) is 3.78. The van der Waals surface area contributed by atoms with Gasteiger partial charge in [-0.25, -0.2) is 13.4 Å². The first-order valence-corrected chi connectivity index (χ1v) is 9.37. The van der Waals surface area contributed by atoms with E-state index >= 15 is 0 Å². The van der Waals surface area contributed by atoms with Gasteiger partial charge in [0.15, 0.2) is 0 Å². The standard InChI is InChI=1S/C18H16ClN3O2S/c1-13-4-2-7-17(10-13)25(23,24)22-18-9-8-16(12-20-18)21-15-6-3-5-14(19)11-15/h2-12,21H,1H3,(H,20,22). The van der Waals surface area contributed by atoms with Crippen LogP contribution in [0.1, 0.15) is 5.56 Å². The molecular formula is C18H16ClN3O2S. The fourth-order valence-corrected chi connectivity index (χ4v) is 3.54. The number of rotatable bonds is 5. The molecule has 0 unspecified atom stereocenters. The number of hydrogen-bond acceptors (Lipinski definition) is 4. The number of nitrogens with one attached hydrogen (secondary N) is 2. The Kier molecular flexibility index (Phi) is 4.92. The Morgan fingerprint density at radius 1 is 0.960 bits per heavy atom. The van der Waals surface area contributed by atoms with Gasteiger partial charge in [0.1, 0.15) is 5.82 Å². The normalized spacial score (nSPS) is 11.1. The SMILES string of the molecule is Cc1cccc(S(=O)(=O)Nc2ccc(Nc3cccc(Cl)c3)cn2)c1. The Bertz CT molecular complexity index is 989. The lowest BCUT2D eigenvalue weighted by Gasteiger charge is -2.10. The van der Waals surface area contributed by atoms with Crippen molar-refractivity contribution in [2.75, 3.05) is 10.0 Å². The third-order valence-electron chi connectivity index (χ3n) is 3.42. The summed E-state index contributed by atoms with van der Waals surface area (Å²) in [6.45, 7) is 1.84. The van der Waals surface area contributed by atoms with E-state index in [-0.39, 0.29) is 10.7 Å². The Morgan fingerprint density at radius 3 is 2.44 bits per heavy atom. The summed E-state index contributed by atoms with van der Waals surface area (Å²) in [5.41, 5.74) is 2.42. The number of anilines is 3. The molecule has 3 rings (SSSR count). The molecule has 0 fully saturated rings. The molecule has 2 N–H and O–H groups in total. The first kappa shape index (κ1) is 17.3. The van der Waals surface area contributed by atoms with Gasteiger partial charge in [-0.1, -0.05) is 29.8 Å². The van der Waals surface area contributed by atoms with E-state index in [0.29, 0.717) is 5.02 Å². The van der Waals surface area contributed by atoms with E-state index < -0.39 is 10.0 Å². The molecule has 1 aromatic heterocycles. The Balaban J connectivity index is 1.74. The fourth-order valence-electron chi connectivity index (χ4n) is 2.24. The van der Waals surface area contributed by atoms with E-state index in [4.69, 9.17) is 11.6 Å². The molecule has 0 amide bonds. The van der Waals surface area contributed by atoms with Crippen molar-refractivity contribution in [2.24, 2.45) is 0 Å². The molecule has 0 saturated carbocycles. The van der Waals surface area contributed by atoms with E-state index in [1.807, 2.05) is 25.1 Å². The molecule has 2 aromatic carbocycles. The van der Waals surface area contributed by atoms with Crippen molar-refractivity contribution in [2.45, 2.75) is 11.8 Å². The van der Waals surface area contributed by atoms with Gasteiger partial charge in [0, 0.05) is 10.7 Å². The highest BCUT2D eigenvalue weighted by atomic mass is 35.5. The molecule has 0 spiro atoms. The van der Waals surface area contributed by atoms with Crippen LogP contribution in [0.25, 0.3) is 0 Å². The summed E-state index contributed by atoms with van der Waals surface area (Å²) in [7, 11) is -3.66. The van der Waals surface area contributed by atoms with Crippen LogP contribution in [-0.4, -0.2) is 13.4 Å². The van der Waals surface area contributed by atoms with Crippen LogP contribution >= 0.6 is 11.6 Å². The number of sulfonamides is 1. The predicted molar refractivity (Wildman–Crippen MR) is 101 cm³/mol. The maximum Gasteiger partial charge on any atom is 0.263 e. The lowest BCUT2D eigenvalue weighted by Crippen LogP contribution is -2.14. The number of halogens is 1. The van der Waals surface area contributed by atoms with Gasteiger partial charge in [0.05, 0.1) is 16.8 Å². The van der Waals surface area contributed by atoms with Crippen LogP contribution in [0.2, 0.25) is 5.02 Å². The zero-order valence-electron chi connectivity index (χ0n) is 13.4. The minimum Gasteiger partial charge on any atom is -0.354 e. The van der Waals surface area contributed by atoms with Crippen LogP contribution in [-0.2, 0) is 10.0 Å². The molecule has 128 valence electrons. The lowest BCUT2D eigenvalue weighted by molar-refractivity contribution is 0.601. The molecule has 5 nitrogen and oxygen atoms in total. The molecule has 3 aromatic rings. The minimum absolute atomic E-state index is 0.204. The van der Waals surface area contributed by atoms with Crippen molar-refractivity contribution >= 4 is 38.8 Å². The molecule has 0 bridgehead atoms. The van der Waals surface area contributed by atoms with E-state index in [1.54, 1.807) is 48.7 Å². The molecule has 0 radical (unpaired) electrons. The van der Waals surface area contributed by atoms with E-state index in [2.05, 4.69) is 15.0 Å². The summed E-state index contributed by atoms with van der Waals surface area (Å²) in [5.74, 6) is 0.248. The van der Waals surface area contributed by atoms with Gasteiger partial charge >= 0.3 is 0 Å². The van der Waals surface area contributed by atoms with Crippen LogP contribution < -0.4 is 10.0 Å². The van der Waals surface area contributed by atoms with Gasteiger partial charge in [-0.05, 0) is 55.0 Å². The van der Waals surface area contributed by atoms with Crippen LogP contribution in [0.3, 0.4) is 0 Å². The number of hydrogen-bond donors (Lipinski definition) is 2. The number of aromatic nitrogens is 1. The summed E-state index contributed by atoms with van der Waals surface area (Å²) < 4.78 is 27.2. The number of aryl methyl sites for hydroxylation is 1. The first-order valence-electron chi connectivity index (χ1n) is 7.50. The quantitative estimate of drug-likeness (QED) is 0.686. The molecule has 0 atom stereocenters. The second kappa shape index (κ2) is 7.13. The third-order valence-corrected chi connectivity index (χ3v) is 5.00. The fraction of sp³-hybridized carbons (Fsp3) is 0.0556. The van der Waals surface area contributed by atoms with Gasteiger partial charge in [0.2, 0.25) is 0 Å². The Morgan fingerprint density at radius 2 is 1.76 bits per heavy atom. The number of benzene rings is 2. The van der Waals surface area contributed by atoms with Gasteiger partial charge in [-0.2, -0.15) is 0 Å². The number of nitrogens with zero attached hydrogens (tertiary/aromatic N) is 1. The second-order valence-electron chi connectivity index (χ2n) is 5.49. The van der Waals surface area contributed by atoms with E-state index in [0.717, 1.165) is 16.9 Å². The predicted octanol–water partition coefficient (Wildman–Crippen LogP) is 4.59. The molecule has 0 aliphatic carbocycles. The van der Waals surface area contributed by atoms with Crippen molar-refractivity contribution in [3.05, 3.63) is 77.4 Å². The summed E-state index contributed by atoms with van der Waals surface area (Å²) in [6, 6.07) is 17.3. The van der Waals surface area contributed by atoms with Crippen molar-refractivity contribution in [3.8, 4) is 0 Å². The smallest absolute Gasteiger partial charge is 0.263 e. The van der Waals surface area contributed by atoms with Crippen molar-refractivity contribution in [1.82, 2.24) is 4.98 Å². The first-order chi connectivity index (χ1) is 11.9. The van der Waals surface area contributed by atoms with Gasteiger partial charge in [-0.15, -0.1) is 0 Å². The van der Waals surface area contributed by atoms with Crippen molar-refractivity contribution in [3.63, 3.8) is 0 Å². The highest BCUT2D eigenvalue weighted by molar-refractivity contribution is 7.92. The van der Waals surface area contributed by atoms with Crippen LogP contribution in [0.15, 0.2) is 71.8 Å². The van der Waals surface area contributed by atoms with Crippen LogP contribution in [0.5, 0.6) is 0 Å². The zero-order valence-corrected chi connectivity index (χ0v) is 15.0. The average Bonchev–Trinajstić information content (AvgIpc) is 2.56.